The van der Waals surface area contributed by atoms with Crippen molar-refractivity contribution in [3.63, 3.8) is 0 Å². The summed E-state index contributed by atoms with van der Waals surface area (Å²) in [5.74, 6) is 0.972. The zero-order valence-corrected chi connectivity index (χ0v) is 12.5. The summed E-state index contributed by atoms with van der Waals surface area (Å²) in [5.41, 5.74) is 0. The van der Waals surface area contributed by atoms with E-state index in [9.17, 15) is 0 Å². The van der Waals surface area contributed by atoms with Gasteiger partial charge in [0, 0.05) is 43.9 Å². The standard InChI is InChI=1S/C13H25N3OS/c1-4-17-11-5-7-14-13-15-8-10-16(13)9-6-12(2)18-3/h8,10,12H,4-7,9,11H2,1-3H3,(H,14,15). The lowest BCUT2D eigenvalue weighted by Crippen LogP contribution is -2.12. The van der Waals surface area contributed by atoms with Crippen molar-refractivity contribution >= 4 is 17.7 Å². The summed E-state index contributed by atoms with van der Waals surface area (Å²) >= 11 is 1.91. The number of anilines is 1. The Balaban J connectivity index is 2.26. The molecule has 1 aromatic rings. The maximum atomic E-state index is 5.31. The number of nitrogens with one attached hydrogen (secondary N) is 1. The van der Waals surface area contributed by atoms with Crippen molar-refractivity contribution in [1.82, 2.24) is 9.55 Å². The summed E-state index contributed by atoms with van der Waals surface area (Å²) in [4.78, 5) is 4.34. The third-order valence-electron chi connectivity index (χ3n) is 2.85. The lowest BCUT2D eigenvalue weighted by atomic mass is 10.3. The van der Waals surface area contributed by atoms with Crippen LogP contribution >= 0.6 is 11.8 Å². The first-order valence-corrected chi connectivity index (χ1v) is 7.92. The Kier molecular flexibility index (Phi) is 7.93. The minimum atomic E-state index is 0.693. The summed E-state index contributed by atoms with van der Waals surface area (Å²) in [7, 11) is 0. The van der Waals surface area contributed by atoms with E-state index in [0.29, 0.717) is 5.25 Å². The van der Waals surface area contributed by atoms with Gasteiger partial charge in [-0.1, -0.05) is 6.92 Å². The lowest BCUT2D eigenvalue weighted by molar-refractivity contribution is 0.147. The van der Waals surface area contributed by atoms with E-state index in [1.807, 2.05) is 31.1 Å². The molecular weight excluding hydrogens is 246 g/mol. The molecule has 0 aromatic carbocycles. The molecule has 0 amide bonds. The number of rotatable bonds is 10. The molecule has 1 heterocycles. The third kappa shape index (κ3) is 5.78. The summed E-state index contributed by atoms with van der Waals surface area (Å²) < 4.78 is 7.49. The highest BCUT2D eigenvalue weighted by Gasteiger charge is 2.04. The molecule has 1 atom stereocenters. The van der Waals surface area contributed by atoms with Gasteiger partial charge in [-0.2, -0.15) is 11.8 Å². The third-order valence-corrected chi connectivity index (χ3v) is 3.89. The largest absolute Gasteiger partial charge is 0.382 e. The first-order chi connectivity index (χ1) is 8.77. The van der Waals surface area contributed by atoms with Gasteiger partial charge in [0.15, 0.2) is 0 Å². The molecule has 1 N–H and O–H groups in total. The summed E-state index contributed by atoms with van der Waals surface area (Å²) in [6.45, 7) is 7.82. The Bertz CT molecular complexity index is 317. The molecule has 1 unspecified atom stereocenters. The molecule has 5 heteroatoms. The fraction of sp³-hybridized carbons (Fsp3) is 0.769. The molecule has 4 nitrogen and oxygen atoms in total. The van der Waals surface area contributed by atoms with Crippen LogP contribution in [0.4, 0.5) is 5.95 Å². The van der Waals surface area contributed by atoms with Crippen LogP contribution in [0.15, 0.2) is 12.4 Å². The number of thioether (sulfide) groups is 1. The van der Waals surface area contributed by atoms with Crippen LogP contribution < -0.4 is 5.32 Å². The summed E-state index contributed by atoms with van der Waals surface area (Å²) in [5, 5.41) is 4.05. The highest BCUT2D eigenvalue weighted by molar-refractivity contribution is 7.99. The first kappa shape index (κ1) is 15.4. The quantitative estimate of drug-likeness (QED) is 0.664. The van der Waals surface area contributed by atoms with Crippen molar-refractivity contribution in [1.29, 1.82) is 0 Å². The molecule has 104 valence electrons. The second-order valence-corrected chi connectivity index (χ2v) is 5.53. The monoisotopic (exact) mass is 271 g/mol. The van der Waals surface area contributed by atoms with Gasteiger partial charge in [0.2, 0.25) is 5.95 Å². The van der Waals surface area contributed by atoms with Gasteiger partial charge < -0.3 is 14.6 Å². The molecule has 1 rings (SSSR count). The predicted molar refractivity (Wildman–Crippen MR) is 79.4 cm³/mol. The van der Waals surface area contributed by atoms with Crippen molar-refractivity contribution in [2.24, 2.45) is 0 Å². The Hall–Kier alpha value is -0.680. The van der Waals surface area contributed by atoms with Gasteiger partial charge in [-0.15, -0.1) is 0 Å². The van der Waals surface area contributed by atoms with Gasteiger partial charge in [0.1, 0.15) is 0 Å². The number of imidazole rings is 1. The SMILES string of the molecule is CCOCCCNc1nccn1CCC(C)SC. The zero-order valence-electron chi connectivity index (χ0n) is 11.7. The maximum absolute atomic E-state index is 5.31. The molecule has 0 saturated carbocycles. The summed E-state index contributed by atoms with van der Waals surface area (Å²) in [6, 6.07) is 0. The normalized spacial score (nSPS) is 12.6. The van der Waals surface area contributed by atoms with E-state index >= 15 is 0 Å². The van der Waals surface area contributed by atoms with E-state index in [1.165, 1.54) is 6.42 Å². The Morgan fingerprint density at radius 2 is 2.39 bits per heavy atom. The molecule has 0 radical (unpaired) electrons. The van der Waals surface area contributed by atoms with Gasteiger partial charge in [-0.25, -0.2) is 4.98 Å². The lowest BCUT2D eigenvalue weighted by Gasteiger charge is -2.12. The number of hydrogen-bond acceptors (Lipinski definition) is 4. The highest BCUT2D eigenvalue weighted by Crippen LogP contribution is 2.13. The number of ether oxygens (including phenoxy) is 1. The second kappa shape index (κ2) is 9.28. The Morgan fingerprint density at radius 1 is 1.56 bits per heavy atom. The van der Waals surface area contributed by atoms with Crippen LogP contribution in [-0.2, 0) is 11.3 Å². The van der Waals surface area contributed by atoms with E-state index in [0.717, 1.165) is 38.7 Å². The molecule has 1 aromatic heterocycles. The molecular formula is C13H25N3OS. The van der Waals surface area contributed by atoms with Crippen LogP contribution in [0.5, 0.6) is 0 Å². The fourth-order valence-corrected chi connectivity index (χ4v) is 1.96. The minimum absolute atomic E-state index is 0.693. The van der Waals surface area contributed by atoms with Crippen LogP contribution in [0.2, 0.25) is 0 Å². The molecule has 0 aliphatic rings. The van der Waals surface area contributed by atoms with E-state index in [2.05, 4.69) is 28.0 Å². The van der Waals surface area contributed by atoms with Crippen LogP contribution in [0.25, 0.3) is 0 Å². The zero-order chi connectivity index (χ0) is 13.2. The number of aryl methyl sites for hydroxylation is 1. The molecule has 0 spiro atoms. The minimum Gasteiger partial charge on any atom is -0.382 e. The van der Waals surface area contributed by atoms with Gasteiger partial charge in [0.05, 0.1) is 0 Å². The molecule has 0 aliphatic heterocycles. The van der Waals surface area contributed by atoms with Gasteiger partial charge >= 0.3 is 0 Å². The molecule has 0 fully saturated rings. The highest BCUT2D eigenvalue weighted by atomic mass is 32.2. The van der Waals surface area contributed by atoms with Crippen molar-refractivity contribution < 1.29 is 4.74 Å². The number of hydrogen-bond donors (Lipinski definition) is 1. The van der Waals surface area contributed by atoms with Crippen molar-refractivity contribution in [2.45, 2.75) is 38.5 Å². The predicted octanol–water partition coefficient (Wildman–Crippen LogP) is 2.86. The van der Waals surface area contributed by atoms with Crippen molar-refractivity contribution in [3.05, 3.63) is 12.4 Å². The maximum Gasteiger partial charge on any atom is 0.202 e. The van der Waals surface area contributed by atoms with Crippen molar-refractivity contribution in [3.8, 4) is 0 Å². The molecule has 0 saturated heterocycles. The Morgan fingerprint density at radius 3 is 3.11 bits per heavy atom. The topological polar surface area (TPSA) is 39.1 Å². The summed E-state index contributed by atoms with van der Waals surface area (Å²) in [6.07, 6.45) is 8.24. The average molecular weight is 271 g/mol. The number of nitrogens with zero attached hydrogens (tertiary/aromatic N) is 2. The van der Waals surface area contributed by atoms with Crippen LogP contribution in [-0.4, -0.2) is 40.8 Å². The van der Waals surface area contributed by atoms with Crippen LogP contribution in [0, 0.1) is 0 Å². The number of aromatic nitrogens is 2. The smallest absolute Gasteiger partial charge is 0.202 e. The first-order valence-electron chi connectivity index (χ1n) is 6.63. The van der Waals surface area contributed by atoms with Crippen LogP contribution in [0.1, 0.15) is 26.7 Å². The molecule has 18 heavy (non-hydrogen) atoms. The van der Waals surface area contributed by atoms with E-state index in [4.69, 9.17) is 4.74 Å². The van der Waals surface area contributed by atoms with Gasteiger partial charge in [0.25, 0.3) is 0 Å². The van der Waals surface area contributed by atoms with Crippen LogP contribution in [0.3, 0.4) is 0 Å². The Labute approximate surface area is 115 Å². The fourth-order valence-electron chi connectivity index (χ4n) is 1.61. The van der Waals surface area contributed by atoms with Crippen molar-refractivity contribution in [2.75, 3.05) is 31.3 Å². The van der Waals surface area contributed by atoms with E-state index in [-0.39, 0.29) is 0 Å². The average Bonchev–Trinajstić information content (AvgIpc) is 2.83. The second-order valence-electron chi connectivity index (χ2n) is 4.26. The van der Waals surface area contributed by atoms with E-state index in [1.54, 1.807) is 0 Å². The molecule has 0 aliphatic carbocycles. The van der Waals surface area contributed by atoms with Gasteiger partial charge in [-0.3, -0.25) is 0 Å². The molecule has 0 bridgehead atoms. The van der Waals surface area contributed by atoms with E-state index < -0.39 is 0 Å². The van der Waals surface area contributed by atoms with Gasteiger partial charge in [-0.05, 0) is 26.0 Å².